The highest BCUT2D eigenvalue weighted by Crippen LogP contribution is 2.31. The lowest BCUT2D eigenvalue weighted by atomic mass is 9.89. The lowest BCUT2D eigenvalue weighted by Crippen LogP contribution is -2.35. The Hall–Kier alpha value is -1.13. The molecular weight excluding hydrogens is 209 g/mol. The molecule has 1 aromatic carbocycles. The van der Waals surface area contributed by atoms with Crippen LogP contribution in [0.25, 0.3) is 0 Å². The summed E-state index contributed by atoms with van der Waals surface area (Å²) < 4.78 is 18.8. The van der Waals surface area contributed by atoms with E-state index < -0.39 is 11.4 Å². The Morgan fingerprint density at radius 3 is 2.69 bits per heavy atom. The second-order valence-corrected chi connectivity index (χ2v) is 3.81. The molecule has 1 atom stereocenters. The van der Waals surface area contributed by atoms with Crippen molar-refractivity contribution in [1.82, 2.24) is 0 Å². The van der Waals surface area contributed by atoms with Gasteiger partial charge >= 0.3 is 0 Å². The van der Waals surface area contributed by atoms with Crippen molar-refractivity contribution in [2.45, 2.75) is 25.4 Å². The van der Waals surface area contributed by atoms with Crippen LogP contribution in [0.15, 0.2) is 18.2 Å². The molecule has 0 aromatic heterocycles. The van der Waals surface area contributed by atoms with Crippen LogP contribution < -0.4 is 10.5 Å². The van der Waals surface area contributed by atoms with Gasteiger partial charge in [0.15, 0.2) is 11.6 Å². The van der Waals surface area contributed by atoms with Gasteiger partial charge in [0.25, 0.3) is 0 Å². The second-order valence-electron chi connectivity index (χ2n) is 3.81. The Balaban J connectivity index is 3.19. The molecule has 1 rings (SSSR count). The zero-order chi connectivity index (χ0) is 12.2. The Bertz CT molecular complexity index is 357. The van der Waals surface area contributed by atoms with Gasteiger partial charge in [-0.2, -0.15) is 0 Å². The number of benzene rings is 1. The van der Waals surface area contributed by atoms with Crippen molar-refractivity contribution in [3.05, 3.63) is 29.6 Å². The van der Waals surface area contributed by atoms with Crippen LogP contribution in [-0.2, 0) is 5.60 Å². The van der Waals surface area contributed by atoms with Crippen LogP contribution in [0.4, 0.5) is 4.39 Å². The molecule has 0 amide bonds. The minimum absolute atomic E-state index is 0.00900. The zero-order valence-electron chi connectivity index (χ0n) is 9.66. The van der Waals surface area contributed by atoms with Gasteiger partial charge in [0.1, 0.15) is 5.60 Å². The maximum Gasteiger partial charge on any atom is 0.171 e. The molecule has 3 nitrogen and oxygen atoms in total. The summed E-state index contributed by atoms with van der Waals surface area (Å²) in [7, 11) is 1.39. The molecule has 0 aliphatic rings. The molecule has 0 saturated carbocycles. The molecule has 0 spiro atoms. The first-order chi connectivity index (χ1) is 7.59. The molecule has 1 unspecified atom stereocenters. The minimum Gasteiger partial charge on any atom is -0.494 e. The van der Waals surface area contributed by atoms with Crippen molar-refractivity contribution >= 4 is 0 Å². The van der Waals surface area contributed by atoms with Crippen LogP contribution in [0.5, 0.6) is 5.75 Å². The van der Waals surface area contributed by atoms with E-state index in [9.17, 15) is 9.50 Å². The van der Waals surface area contributed by atoms with E-state index in [1.807, 2.05) is 6.92 Å². The van der Waals surface area contributed by atoms with Gasteiger partial charge in [-0.3, -0.25) is 0 Å². The fourth-order valence-electron chi connectivity index (χ4n) is 1.79. The number of rotatable bonds is 5. The Morgan fingerprint density at radius 2 is 2.19 bits per heavy atom. The fourth-order valence-corrected chi connectivity index (χ4v) is 1.79. The van der Waals surface area contributed by atoms with Crippen molar-refractivity contribution in [2.75, 3.05) is 13.7 Å². The largest absolute Gasteiger partial charge is 0.494 e. The average Bonchev–Trinajstić information content (AvgIpc) is 2.29. The molecule has 0 radical (unpaired) electrons. The molecule has 0 fully saturated rings. The maximum atomic E-state index is 13.9. The lowest BCUT2D eigenvalue weighted by Gasteiger charge is -2.27. The first-order valence-electron chi connectivity index (χ1n) is 5.34. The van der Waals surface area contributed by atoms with E-state index in [0.717, 1.165) is 6.42 Å². The van der Waals surface area contributed by atoms with Crippen molar-refractivity contribution in [3.63, 3.8) is 0 Å². The van der Waals surface area contributed by atoms with E-state index in [1.54, 1.807) is 12.1 Å². The monoisotopic (exact) mass is 227 g/mol. The third-order valence-corrected chi connectivity index (χ3v) is 2.69. The quantitative estimate of drug-likeness (QED) is 0.806. The lowest BCUT2D eigenvalue weighted by molar-refractivity contribution is 0.0319. The predicted octanol–water partition coefficient (Wildman–Crippen LogP) is 1.78. The summed E-state index contributed by atoms with van der Waals surface area (Å²) in [5, 5.41) is 10.3. The van der Waals surface area contributed by atoms with Crippen molar-refractivity contribution in [3.8, 4) is 5.75 Å². The molecule has 4 heteroatoms. The normalized spacial score (nSPS) is 14.6. The number of hydrogen-bond acceptors (Lipinski definition) is 3. The Morgan fingerprint density at radius 1 is 1.50 bits per heavy atom. The molecule has 0 aliphatic heterocycles. The zero-order valence-corrected chi connectivity index (χ0v) is 9.66. The summed E-state index contributed by atoms with van der Waals surface area (Å²) in [6, 6.07) is 4.70. The van der Waals surface area contributed by atoms with Gasteiger partial charge in [-0.15, -0.1) is 0 Å². The molecular formula is C12H18FNO2. The van der Waals surface area contributed by atoms with Crippen LogP contribution >= 0.6 is 0 Å². The molecule has 0 bridgehead atoms. The molecule has 0 saturated heterocycles. The number of aliphatic hydroxyl groups is 1. The number of nitrogens with two attached hydrogens (primary N) is 1. The number of methoxy groups -OCH3 is 1. The summed E-state index contributed by atoms with van der Waals surface area (Å²) in [4.78, 5) is 0. The van der Waals surface area contributed by atoms with Crippen LogP contribution in [-0.4, -0.2) is 18.8 Å². The highest BCUT2D eigenvalue weighted by Gasteiger charge is 2.30. The van der Waals surface area contributed by atoms with E-state index in [-0.39, 0.29) is 17.9 Å². The first kappa shape index (κ1) is 12.9. The number of ether oxygens (including phenoxy) is 1. The van der Waals surface area contributed by atoms with Crippen LogP contribution in [0.1, 0.15) is 25.3 Å². The molecule has 1 aromatic rings. The van der Waals surface area contributed by atoms with E-state index >= 15 is 0 Å². The van der Waals surface area contributed by atoms with Gasteiger partial charge in [-0.05, 0) is 12.5 Å². The van der Waals surface area contributed by atoms with E-state index in [1.165, 1.54) is 13.2 Å². The van der Waals surface area contributed by atoms with Crippen molar-refractivity contribution < 1.29 is 14.2 Å². The second kappa shape index (κ2) is 5.27. The summed E-state index contributed by atoms with van der Waals surface area (Å²) in [5.41, 5.74) is 4.42. The summed E-state index contributed by atoms with van der Waals surface area (Å²) >= 11 is 0. The van der Waals surface area contributed by atoms with Crippen LogP contribution in [0, 0.1) is 5.82 Å². The predicted molar refractivity (Wildman–Crippen MR) is 60.8 cm³/mol. The highest BCUT2D eigenvalue weighted by atomic mass is 19.1. The molecule has 16 heavy (non-hydrogen) atoms. The molecule has 0 heterocycles. The summed E-state index contributed by atoms with van der Waals surface area (Å²) in [6.45, 7) is 1.91. The highest BCUT2D eigenvalue weighted by molar-refractivity contribution is 5.35. The van der Waals surface area contributed by atoms with Gasteiger partial charge in [0, 0.05) is 12.1 Å². The van der Waals surface area contributed by atoms with Gasteiger partial charge < -0.3 is 15.6 Å². The molecule has 90 valence electrons. The standard InChI is InChI=1S/C12H18FNO2/c1-3-7-12(15,8-14)9-5-4-6-10(16-2)11(9)13/h4-6,15H,3,7-8,14H2,1-2H3. The summed E-state index contributed by atoms with van der Waals surface area (Å²) in [6.07, 6.45) is 1.15. The average molecular weight is 227 g/mol. The topological polar surface area (TPSA) is 55.5 Å². The third-order valence-electron chi connectivity index (χ3n) is 2.69. The van der Waals surface area contributed by atoms with E-state index in [0.29, 0.717) is 6.42 Å². The first-order valence-corrected chi connectivity index (χ1v) is 5.34. The summed E-state index contributed by atoms with van der Waals surface area (Å²) in [5.74, 6) is -0.410. The SMILES string of the molecule is CCCC(O)(CN)c1cccc(OC)c1F. The Labute approximate surface area is 95.0 Å². The Kier molecular flexibility index (Phi) is 4.26. The van der Waals surface area contributed by atoms with Gasteiger partial charge in [-0.25, -0.2) is 4.39 Å². The van der Waals surface area contributed by atoms with Crippen LogP contribution in [0.2, 0.25) is 0 Å². The molecule has 0 aliphatic carbocycles. The van der Waals surface area contributed by atoms with Crippen molar-refractivity contribution in [1.29, 1.82) is 0 Å². The smallest absolute Gasteiger partial charge is 0.171 e. The van der Waals surface area contributed by atoms with Crippen LogP contribution in [0.3, 0.4) is 0 Å². The maximum absolute atomic E-state index is 13.9. The van der Waals surface area contributed by atoms with E-state index in [4.69, 9.17) is 10.5 Å². The fraction of sp³-hybridized carbons (Fsp3) is 0.500. The minimum atomic E-state index is -1.31. The third kappa shape index (κ3) is 2.33. The number of hydrogen-bond donors (Lipinski definition) is 2. The van der Waals surface area contributed by atoms with Gasteiger partial charge in [0.05, 0.1) is 7.11 Å². The van der Waals surface area contributed by atoms with Gasteiger partial charge in [0.2, 0.25) is 0 Å². The molecule has 3 N–H and O–H groups in total. The number of halogens is 1. The van der Waals surface area contributed by atoms with Crippen molar-refractivity contribution in [2.24, 2.45) is 5.73 Å². The van der Waals surface area contributed by atoms with Gasteiger partial charge in [-0.1, -0.05) is 25.5 Å². The van der Waals surface area contributed by atoms with E-state index in [2.05, 4.69) is 0 Å².